The van der Waals surface area contributed by atoms with E-state index in [-0.39, 0.29) is 17.3 Å². The van der Waals surface area contributed by atoms with Crippen LogP contribution in [-0.4, -0.2) is 33.1 Å². The smallest absolute Gasteiger partial charge is 0.335 e. The standard InChI is InChI=1S/C25H23N3O4S2/c1-15(29)17-9-11-19(12-10-17)27-25(33)28-21-7-4-8-22(14-21)34-16(2)23(30)26-20-6-3-5-18(13-20)24(31)32/h3-14,16H,1-2H3,(H,26,30)(H,31,32)(H2,27,28,33). The molecule has 0 aliphatic heterocycles. The van der Waals surface area contributed by atoms with E-state index in [4.69, 9.17) is 17.3 Å². The molecule has 0 bridgehead atoms. The van der Waals surface area contributed by atoms with Crippen molar-refractivity contribution in [1.29, 1.82) is 0 Å². The summed E-state index contributed by atoms with van der Waals surface area (Å²) >= 11 is 6.74. The number of carbonyl (C=O) groups is 3. The highest BCUT2D eigenvalue weighted by Gasteiger charge is 2.16. The Morgan fingerprint density at radius 3 is 2.09 bits per heavy atom. The summed E-state index contributed by atoms with van der Waals surface area (Å²) in [7, 11) is 0. The van der Waals surface area contributed by atoms with Crippen LogP contribution in [0.3, 0.4) is 0 Å². The van der Waals surface area contributed by atoms with E-state index in [1.807, 2.05) is 24.3 Å². The Morgan fingerprint density at radius 2 is 1.44 bits per heavy atom. The second-order valence-corrected chi connectivity index (χ2v) is 9.20. The number of nitrogens with one attached hydrogen (secondary N) is 3. The first-order chi connectivity index (χ1) is 16.2. The van der Waals surface area contributed by atoms with Crippen molar-refractivity contribution in [3.8, 4) is 0 Å². The maximum absolute atomic E-state index is 12.6. The number of Topliss-reactive ketones (excluding diaryl/α,β-unsaturated/α-hetero) is 1. The molecule has 0 aromatic heterocycles. The first-order valence-electron chi connectivity index (χ1n) is 10.3. The Hall–Kier alpha value is -3.69. The normalized spacial score (nSPS) is 11.2. The van der Waals surface area contributed by atoms with Gasteiger partial charge >= 0.3 is 5.97 Å². The van der Waals surface area contributed by atoms with E-state index in [1.54, 1.807) is 43.3 Å². The van der Waals surface area contributed by atoms with Crippen molar-refractivity contribution >= 4 is 63.8 Å². The summed E-state index contributed by atoms with van der Waals surface area (Å²) in [6, 6.07) is 20.6. The van der Waals surface area contributed by atoms with Gasteiger partial charge in [0.1, 0.15) is 0 Å². The minimum Gasteiger partial charge on any atom is -0.478 e. The number of carboxylic acids is 1. The molecule has 1 amide bonds. The molecule has 0 aliphatic carbocycles. The van der Waals surface area contributed by atoms with Crippen molar-refractivity contribution in [3.05, 3.63) is 83.9 Å². The van der Waals surface area contributed by atoms with Gasteiger partial charge in [0, 0.05) is 27.5 Å². The van der Waals surface area contributed by atoms with E-state index in [9.17, 15) is 14.4 Å². The van der Waals surface area contributed by atoms with Gasteiger partial charge in [-0.25, -0.2) is 4.79 Å². The van der Waals surface area contributed by atoms with Crippen molar-refractivity contribution in [2.24, 2.45) is 0 Å². The lowest BCUT2D eigenvalue weighted by molar-refractivity contribution is -0.115. The third kappa shape index (κ3) is 7.16. The summed E-state index contributed by atoms with van der Waals surface area (Å²) in [5, 5.41) is 18.0. The van der Waals surface area contributed by atoms with Crippen LogP contribution >= 0.6 is 24.0 Å². The molecule has 9 heteroatoms. The summed E-state index contributed by atoms with van der Waals surface area (Å²) in [5.74, 6) is -1.29. The number of aromatic carboxylic acids is 1. The third-order valence-electron chi connectivity index (χ3n) is 4.70. The molecule has 7 nitrogen and oxygen atoms in total. The zero-order chi connectivity index (χ0) is 24.7. The maximum atomic E-state index is 12.6. The Labute approximate surface area is 207 Å². The van der Waals surface area contributed by atoms with Crippen LogP contribution in [0.25, 0.3) is 0 Å². The number of thioether (sulfide) groups is 1. The maximum Gasteiger partial charge on any atom is 0.335 e. The number of carboxylic acid groups (broad SMARTS) is 1. The lowest BCUT2D eigenvalue weighted by Crippen LogP contribution is -2.22. The Kier molecular flexibility index (Phi) is 8.39. The fourth-order valence-electron chi connectivity index (χ4n) is 2.96. The van der Waals surface area contributed by atoms with Crippen molar-refractivity contribution in [1.82, 2.24) is 0 Å². The van der Waals surface area contributed by atoms with Crippen molar-refractivity contribution < 1.29 is 19.5 Å². The molecule has 1 atom stereocenters. The monoisotopic (exact) mass is 493 g/mol. The molecule has 0 fully saturated rings. The molecule has 3 aromatic rings. The first kappa shape index (κ1) is 24.9. The van der Waals surface area contributed by atoms with Crippen LogP contribution < -0.4 is 16.0 Å². The van der Waals surface area contributed by atoms with Crippen molar-refractivity contribution in [2.75, 3.05) is 16.0 Å². The number of hydrogen-bond donors (Lipinski definition) is 4. The lowest BCUT2D eigenvalue weighted by Gasteiger charge is -2.14. The van der Waals surface area contributed by atoms with Gasteiger partial charge in [-0.15, -0.1) is 11.8 Å². The fraction of sp³-hybridized carbons (Fsp3) is 0.120. The number of anilines is 3. The number of amides is 1. The quantitative estimate of drug-likeness (QED) is 0.185. The highest BCUT2D eigenvalue weighted by molar-refractivity contribution is 8.00. The average molecular weight is 494 g/mol. The Morgan fingerprint density at radius 1 is 0.824 bits per heavy atom. The SMILES string of the molecule is CC(=O)c1ccc(NC(=S)Nc2cccc(SC(C)C(=O)Nc3cccc(C(=O)O)c3)c2)cc1. The van der Waals surface area contributed by atoms with E-state index in [0.29, 0.717) is 16.4 Å². The summed E-state index contributed by atoms with van der Waals surface area (Å²) in [5.41, 5.74) is 2.67. The van der Waals surface area contributed by atoms with E-state index in [0.717, 1.165) is 16.3 Å². The minimum absolute atomic E-state index is 0.00161. The van der Waals surface area contributed by atoms with Gasteiger partial charge < -0.3 is 21.1 Å². The number of benzene rings is 3. The molecule has 4 N–H and O–H groups in total. The molecule has 3 rings (SSSR count). The second-order valence-electron chi connectivity index (χ2n) is 7.38. The van der Waals surface area contributed by atoms with Gasteiger partial charge in [-0.05, 0) is 86.7 Å². The predicted octanol–water partition coefficient (Wildman–Crippen LogP) is 5.52. The van der Waals surface area contributed by atoms with Crippen molar-refractivity contribution in [2.45, 2.75) is 24.0 Å². The molecule has 0 spiro atoms. The highest BCUT2D eigenvalue weighted by Crippen LogP contribution is 2.27. The molecule has 0 saturated carbocycles. The Bertz CT molecular complexity index is 1230. The first-order valence-corrected chi connectivity index (χ1v) is 11.6. The van der Waals surface area contributed by atoms with Gasteiger partial charge in [0.2, 0.25) is 5.91 Å². The van der Waals surface area contributed by atoms with Crippen LogP contribution in [0.1, 0.15) is 34.6 Å². The molecule has 0 saturated heterocycles. The number of carbonyl (C=O) groups excluding carboxylic acids is 2. The van der Waals surface area contributed by atoms with E-state index < -0.39 is 11.2 Å². The van der Waals surface area contributed by atoms with Crippen LogP contribution in [0, 0.1) is 0 Å². The van der Waals surface area contributed by atoms with E-state index >= 15 is 0 Å². The average Bonchev–Trinajstić information content (AvgIpc) is 2.79. The summed E-state index contributed by atoms with van der Waals surface area (Å²) in [4.78, 5) is 36.0. The summed E-state index contributed by atoms with van der Waals surface area (Å²) in [6.45, 7) is 3.29. The second kappa shape index (κ2) is 11.4. The zero-order valence-electron chi connectivity index (χ0n) is 18.5. The van der Waals surface area contributed by atoms with Crippen LogP contribution in [0.2, 0.25) is 0 Å². The van der Waals surface area contributed by atoms with E-state index in [2.05, 4.69) is 16.0 Å². The number of thiocarbonyl (C=S) groups is 1. The molecule has 174 valence electrons. The van der Waals surface area contributed by atoms with Gasteiger partial charge in [-0.3, -0.25) is 9.59 Å². The molecule has 3 aromatic carbocycles. The number of hydrogen-bond acceptors (Lipinski definition) is 5. The lowest BCUT2D eigenvalue weighted by atomic mass is 10.1. The van der Waals surface area contributed by atoms with Gasteiger partial charge in [0.25, 0.3) is 0 Å². The van der Waals surface area contributed by atoms with Crippen LogP contribution in [0.15, 0.2) is 77.7 Å². The predicted molar refractivity (Wildman–Crippen MR) is 140 cm³/mol. The van der Waals surface area contributed by atoms with Crippen LogP contribution in [0.5, 0.6) is 0 Å². The van der Waals surface area contributed by atoms with Gasteiger partial charge in [-0.2, -0.15) is 0 Å². The van der Waals surface area contributed by atoms with Crippen molar-refractivity contribution in [3.63, 3.8) is 0 Å². The van der Waals surface area contributed by atoms with Gasteiger partial charge in [0.15, 0.2) is 10.9 Å². The molecular weight excluding hydrogens is 470 g/mol. The summed E-state index contributed by atoms with van der Waals surface area (Å²) in [6.07, 6.45) is 0. The Balaban J connectivity index is 1.57. The highest BCUT2D eigenvalue weighted by atomic mass is 32.2. The van der Waals surface area contributed by atoms with Gasteiger partial charge in [0.05, 0.1) is 10.8 Å². The number of ketones is 1. The molecule has 1 unspecified atom stereocenters. The summed E-state index contributed by atoms with van der Waals surface area (Å²) < 4.78 is 0. The topological polar surface area (TPSA) is 108 Å². The largest absolute Gasteiger partial charge is 0.478 e. The fourth-order valence-corrected chi connectivity index (χ4v) is 4.12. The number of rotatable bonds is 8. The molecule has 0 heterocycles. The minimum atomic E-state index is -1.05. The van der Waals surface area contributed by atoms with E-state index in [1.165, 1.54) is 30.8 Å². The molecule has 0 aliphatic rings. The van der Waals surface area contributed by atoms with Crippen LogP contribution in [0.4, 0.5) is 17.1 Å². The third-order valence-corrected chi connectivity index (χ3v) is 6.00. The van der Waals surface area contributed by atoms with Gasteiger partial charge in [-0.1, -0.05) is 12.1 Å². The molecule has 34 heavy (non-hydrogen) atoms. The molecule has 0 radical (unpaired) electrons. The molecular formula is C25H23N3O4S2. The van der Waals surface area contributed by atoms with Crippen LogP contribution in [-0.2, 0) is 4.79 Å². The zero-order valence-corrected chi connectivity index (χ0v) is 20.1.